The van der Waals surface area contributed by atoms with Gasteiger partial charge in [-0.3, -0.25) is 0 Å². The third-order valence-corrected chi connectivity index (χ3v) is 8.17. The van der Waals surface area contributed by atoms with Crippen molar-refractivity contribution in [1.82, 2.24) is 5.32 Å². The van der Waals surface area contributed by atoms with Crippen molar-refractivity contribution in [3.63, 3.8) is 0 Å². The van der Waals surface area contributed by atoms with Crippen LogP contribution in [0, 0.1) is 13.8 Å². The van der Waals surface area contributed by atoms with E-state index in [1.165, 1.54) is 33.4 Å². The lowest BCUT2D eigenvalue weighted by Gasteiger charge is -2.27. The minimum absolute atomic E-state index is 0.0154. The van der Waals surface area contributed by atoms with Gasteiger partial charge in [-0.25, -0.2) is 8.42 Å². The number of ether oxygens (including phenoxy) is 1. The van der Waals surface area contributed by atoms with Crippen molar-refractivity contribution < 1.29 is 13.2 Å². The Balaban J connectivity index is 1.60. The van der Waals surface area contributed by atoms with Crippen LogP contribution in [0.15, 0.2) is 30.3 Å². The lowest BCUT2D eigenvalue weighted by molar-refractivity contribution is 0.189. The summed E-state index contributed by atoms with van der Waals surface area (Å²) in [6, 6.07) is 11.3. The molecular formula is C26H35NO3S. The molecule has 1 heterocycles. The van der Waals surface area contributed by atoms with Crippen molar-refractivity contribution in [2.75, 3.05) is 11.5 Å². The monoisotopic (exact) mass is 441 g/mol. The van der Waals surface area contributed by atoms with Crippen LogP contribution < -0.4 is 10.1 Å². The fourth-order valence-corrected chi connectivity index (χ4v) is 6.60. The number of hydrogen-bond donors (Lipinski definition) is 1. The first kappa shape index (κ1) is 22.3. The van der Waals surface area contributed by atoms with E-state index in [0.29, 0.717) is 18.9 Å². The second-order valence-corrected chi connectivity index (χ2v) is 12.6. The molecule has 0 aromatic heterocycles. The van der Waals surface area contributed by atoms with E-state index in [2.05, 4.69) is 70.3 Å². The van der Waals surface area contributed by atoms with Gasteiger partial charge in [0.25, 0.3) is 0 Å². The number of benzene rings is 2. The Hall–Kier alpha value is -1.85. The van der Waals surface area contributed by atoms with Crippen molar-refractivity contribution in [3.05, 3.63) is 52.6 Å². The van der Waals surface area contributed by atoms with E-state index in [-0.39, 0.29) is 23.1 Å². The number of rotatable bonds is 4. The van der Waals surface area contributed by atoms with Crippen LogP contribution in [0.1, 0.15) is 68.3 Å². The van der Waals surface area contributed by atoms with Gasteiger partial charge >= 0.3 is 0 Å². The van der Waals surface area contributed by atoms with Crippen LogP contribution in [0.2, 0.25) is 0 Å². The van der Waals surface area contributed by atoms with Gasteiger partial charge < -0.3 is 10.1 Å². The molecule has 0 bridgehead atoms. The Bertz CT molecular complexity index is 1050. The molecule has 0 unspecified atom stereocenters. The van der Waals surface area contributed by atoms with E-state index in [4.69, 9.17) is 4.74 Å². The largest absolute Gasteiger partial charge is 0.490 e. The number of hydrogen-bond acceptors (Lipinski definition) is 4. The lowest BCUT2D eigenvalue weighted by atomic mass is 9.90. The van der Waals surface area contributed by atoms with Gasteiger partial charge in [0, 0.05) is 11.6 Å². The predicted octanol–water partition coefficient (Wildman–Crippen LogP) is 5.30. The lowest BCUT2D eigenvalue weighted by Crippen LogP contribution is -2.38. The zero-order chi connectivity index (χ0) is 22.4. The maximum absolute atomic E-state index is 11.7. The zero-order valence-electron chi connectivity index (χ0n) is 19.4. The second kappa shape index (κ2) is 8.25. The van der Waals surface area contributed by atoms with Gasteiger partial charge in [0.15, 0.2) is 9.84 Å². The Morgan fingerprint density at radius 2 is 1.65 bits per heavy atom. The van der Waals surface area contributed by atoms with E-state index in [9.17, 15) is 8.42 Å². The maximum atomic E-state index is 11.7. The van der Waals surface area contributed by atoms with E-state index < -0.39 is 9.84 Å². The normalized spacial score (nSPS) is 21.1. The van der Waals surface area contributed by atoms with Crippen LogP contribution in [0.25, 0.3) is 11.1 Å². The van der Waals surface area contributed by atoms with E-state index in [1.54, 1.807) is 0 Å². The molecule has 168 valence electrons. The van der Waals surface area contributed by atoms with Crippen molar-refractivity contribution in [3.8, 4) is 16.9 Å². The highest BCUT2D eigenvalue weighted by molar-refractivity contribution is 7.91. The number of aryl methyl sites for hydroxylation is 2. The number of sulfone groups is 1. The molecule has 1 saturated heterocycles. The molecule has 1 aliphatic carbocycles. The Labute approximate surface area is 187 Å². The molecule has 0 spiro atoms. The summed E-state index contributed by atoms with van der Waals surface area (Å²) in [6.07, 6.45) is 3.37. The van der Waals surface area contributed by atoms with Crippen molar-refractivity contribution in [1.29, 1.82) is 0 Å². The highest BCUT2D eigenvalue weighted by Crippen LogP contribution is 2.41. The van der Waals surface area contributed by atoms with Crippen molar-refractivity contribution in [2.24, 2.45) is 0 Å². The first-order valence-electron chi connectivity index (χ1n) is 11.4. The van der Waals surface area contributed by atoms with Crippen LogP contribution in [0.4, 0.5) is 0 Å². The Morgan fingerprint density at radius 3 is 2.26 bits per heavy atom. The third-order valence-electron chi connectivity index (χ3n) is 6.46. The van der Waals surface area contributed by atoms with Crippen molar-refractivity contribution >= 4 is 9.84 Å². The summed E-state index contributed by atoms with van der Waals surface area (Å²) in [5.41, 5.74) is 8.02. The summed E-state index contributed by atoms with van der Waals surface area (Å²) in [5.74, 6) is 1.31. The van der Waals surface area contributed by atoms with Crippen LogP contribution in [0.3, 0.4) is 0 Å². The molecule has 1 N–H and O–H groups in total. The first-order valence-corrected chi connectivity index (χ1v) is 13.2. The Kier molecular flexibility index (Phi) is 5.95. The van der Waals surface area contributed by atoms with Gasteiger partial charge in [-0.05, 0) is 106 Å². The molecule has 1 aliphatic heterocycles. The summed E-state index contributed by atoms with van der Waals surface area (Å²) in [6.45, 7) is 11.0. The molecule has 1 atom stereocenters. The summed E-state index contributed by atoms with van der Waals surface area (Å²) in [7, 11) is -2.87. The molecule has 4 rings (SSSR count). The highest BCUT2D eigenvalue weighted by Gasteiger charge is 2.29. The van der Waals surface area contributed by atoms with Gasteiger partial charge in [-0.1, -0.05) is 18.2 Å². The van der Waals surface area contributed by atoms with Crippen molar-refractivity contribution in [2.45, 2.75) is 78.0 Å². The number of fused-ring (bicyclic) bond motifs is 1. The number of nitrogens with one attached hydrogen (secondary N) is 1. The molecule has 2 aliphatic rings. The fraction of sp³-hybridized carbons (Fsp3) is 0.538. The molecule has 31 heavy (non-hydrogen) atoms. The third kappa shape index (κ3) is 4.98. The van der Waals surface area contributed by atoms with E-state index >= 15 is 0 Å². The standard InChI is InChI=1S/C26H35NO3S/c1-17-15-20(30-19-11-13-31(28,29)14-12-19)16-18(2)25(17)23-8-6-7-22-21(23)9-10-24(22)27-26(3,4)5/h6-8,15-16,19,24,27H,9-14H2,1-5H3/t24-/m1/s1. The second-order valence-electron chi connectivity index (χ2n) is 10.3. The molecule has 1 fully saturated rings. The van der Waals surface area contributed by atoms with Gasteiger partial charge in [-0.2, -0.15) is 0 Å². The Morgan fingerprint density at radius 1 is 1.00 bits per heavy atom. The molecule has 2 aromatic carbocycles. The minimum atomic E-state index is -2.87. The average Bonchev–Trinajstić information content (AvgIpc) is 3.05. The van der Waals surface area contributed by atoms with E-state index in [0.717, 1.165) is 18.6 Å². The van der Waals surface area contributed by atoms with Gasteiger partial charge in [0.05, 0.1) is 11.5 Å². The molecular weight excluding hydrogens is 406 g/mol. The summed E-state index contributed by atoms with van der Waals surface area (Å²) < 4.78 is 29.6. The van der Waals surface area contributed by atoms with Crippen LogP contribution in [0.5, 0.6) is 5.75 Å². The topological polar surface area (TPSA) is 55.4 Å². The van der Waals surface area contributed by atoms with E-state index in [1.807, 2.05) is 0 Å². The highest BCUT2D eigenvalue weighted by atomic mass is 32.2. The summed E-state index contributed by atoms with van der Waals surface area (Å²) in [5, 5.41) is 3.78. The molecule has 4 nitrogen and oxygen atoms in total. The first-order chi connectivity index (χ1) is 14.5. The predicted molar refractivity (Wildman–Crippen MR) is 128 cm³/mol. The molecule has 2 aromatic rings. The molecule has 5 heteroatoms. The average molecular weight is 442 g/mol. The summed E-state index contributed by atoms with van der Waals surface area (Å²) >= 11 is 0. The van der Waals surface area contributed by atoms with Gasteiger partial charge in [-0.15, -0.1) is 0 Å². The molecule has 0 amide bonds. The van der Waals surface area contributed by atoms with Crippen LogP contribution >= 0.6 is 0 Å². The van der Waals surface area contributed by atoms with Crippen LogP contribution in [-0.2, 0) is 16.3 Å². The minimum Gasteiger partial charge on any atom is -0.490 e. The molecule has 0 saturated carbocycles. The molecule has 0 radical (unpaired) electrons. The van der Waals surface area contributed by atoms with Crippen LogP contribution in [-0.4, -0.2) is 31.6 Å². The summed E-state index contributed by atoms with van der Waals surface area (Å²) in [4.78, 5) is 0. The maximum Gasteiger partial charge on any atom is 0.150 e. The zero-order valence-corrected chi connectivity index (χ0v) is 20.2. The SMILES string of the molecule is Cc1cc(OC2CCS(=O)(=O)CC2)cc(C)c1-c1cccc2c1CC[C@H]2NC(C)(C)C. The fourth-order valence-electron chi connectivity index (χ4n) is 5.16. The van der Waals surface area contributed by atoms with Gasteiger partial charge in [0.2, 0.25) is 0 Å². The smallest absolute Gasteiger partial charge is 0.150 e. The van der Waals surface area contributed by atoms with Gasteiger partial charge in [0.1, 0.15) is 11.9 Å². The quantitative estimate of drug-likeness (QED) is 0.699.